The zero-order chi connectivity index (χ0) is 25.8. The minimum absolute atomic E-state index is 0.0511. The lowest BCUT2D eigenvalue weighted by atomic mass is 9.87. The van der Waals surface area contributed by atoms with Gasteiger partial charge in [-0.2, -0.15) is 0 Å². The number of carbonyl (C=O) groups is 1. The van der Waals surface area contributed by atoms with Gasteiger partial charge in [0.15, 0.2) is 5.82 Å². The molecule has 1 aromatic heterocycles. The molecule has 1 aliphatic carbocycles. The number of nitrogens with one attached hydrogen (secondary N) is 2. The van der Waals surface area contributed by atoms with E-state index in [1.807, 2.05) is 23.8 Å². The van der Waals surface area contributed by atoms with Gasteiger partial charge in [-0.3, -0.25) is 9.69 Å². The minimum atomic E-state index is -0.538. The van der Waals surface area contributed by atoms with Crippen LogP contribution in [0.2, 0.25) is 0 Å². The number of likely N-dealkylation sites (tertiary alicyclic amines) is 1. The molecule has 8 heteroatoms. The number of halogens is 2. The van der Waals surface area contributed by atoms with E-state index in [0.29, 0.717) is 30.6 Å². The summed E-state index contributed by atoms with van der Waals surface area (Å²) in [6.45, 7) is 5.19. The lowest BCUT2D eigenvalue weighted by Gasteiger charge is -2.29. The number of hydrogen-bond donors (Lipinski definition) is 2. The van der Waals surface area contributed by atoms with Gasteiger partial charge < -0.3 is 15.2 Å². The first-order valence-corrected chi connectivity index (χ1v) is 13.4. The molecule has 0 saturated carbocycles. The average molecular weight is 508 g/mol. The van der Waals surface area contributed by atoms with Crippen molar-refractivity contribution >= 4 is 11.7 Å². The second kappa shape index (κ2) is 11.5. The number of aryl methyl sites for hydroxylation is 1. The van der Waals surface area contributed by atoms with Crippen molar-refractivity contribution in [3.8, 4) is 5.69 Å². The zero-order valence-electron chi connectivity index (χ0n) is 21.4. The third-order valence-electron chi connectivity index (χ3n) is 7.49. The average Bonchev–Trinajstić information content (AvgIpc) is 3.57. The Morgan fingerprint density at radius 2 is 2.00 bits per heavy atom. The molecule has 1 aliphatic heterocycles. The SMILES string of the molecule is CCC[C@@H](N[C@H]1CCc2cc(F)cc(F)c2C1)C(=O)Nc1cn(-c2ccccc2CN2CCCC2)cn1. The molecule has 1 saturated heterocycles. The molecule has 2 atom stereocenters. The Hall–Kier alpha value is -3.10. The molecule has 2 N–H and O–H groups in total. The Morgan fingerprint density at radius 3 is 2.81 bits per heavy atom. The quantitative estimate of drug-likeness (QED) is 0.428. The summed E-state index contributed by atoms with van der Waals surface area (Å²) in [5.74, 6) is -0.695. The van der Waals surface area contributed by atoms with Crippen LogP contribution in [-0.2, 0) is 24.2 Å². The highest BCUT2D eigenvalue weighted by Gasteiger charge is 2.27. The van der Waals surface area contributed by atoms with E-state index in [1.54, 1.807) is 6.33 Å². The van der Waals surface area contributed by atoms with Gasteiger partial charge in [-0.05, 0) is 80.4 Å². The summed E-state index contributed by atoms with van der Waals surface area (Å²) in [5, 5.41) is 6.40. The molecule has 1 fully saturated rings. The summed E-state index contributed by atoms with van der Waals surface area (Å²) in [5.41, 5.74) is 3.56. The van der Waals surface area contributed by atoms with E-state index < -0.39 is 17.7 Å². The van der Waals surface area contributed by atoms with Crippen LogP contribution >= 0.6 is 0 Å². The van der Waals surface area contributed by atoms with Gasteiger partial charge >= 0.3 is 0 Å². The Kier molecular flexibility index (Phi) is 7.96. The van der Waals surface area contributed by atoms with Gasteiger partial charge in [0.05, 0.1) is 17.9 Å². The van der Waals surface area contributed by atoms with E-state index in [1.165, 1.54) is 24.5 Å². The molecule has 0 spiro atoms. The van der Waals surface area contributed by atoms with Crippen LogP contribution < -0.4 is 10.6 Å². The Labute approximate surface area is 217 Å². The van der Waals surface area contributed by atoms with Crippen LogP contribution in [0.15, 0.2) is 48.9 Å². The normalized spacial score (nSPS) is 18.5. The van der Waals surface area contributed by atoms with E-state index in [-0.39, 0.29) is 11.9 Å². The summed E-state index contributed by atoms with van der Waals surface area (Å²) < 4.78 is 29.9. The molecule has 5 rings (SSSR count). The highest BCUT2D eigenvalue weighted by atomic mass is 19.1. The number of fused-ring (bicyclic) bond motifs is 1. The number of aromatic nitrogens is 2. The van der Waals surface area contributed by atoms with Crippen molar-refractivity contribution in [2.45, 2.75) is 70.5 Å². The molecule has 2 aromatic carbocycles. The molecule has 6 nitrogen and oxygen atoms in total. The van der Waals surface area contributed by atoms with Crippen molar-refractivity contribution in [2.24, 2.45) is 0 Å². The lowest BCUT2D eigenvalue weighted by molar-refractivity contribution is -0.118. The van der Waals surface area contributed by atoms with E-state index in [0.717, 1.165) is 49.8 Å². The third kappa shape index (κ3) is 6.08. The molecule has 196 valence electrons. The maximum Gasteiger partial charge on any atom is 0.242 e. The highest BCUT2D eigenvalue weighted by Crippen LogP contribution is 2.26. The first-order valence-electron chi connectivity index (χ1n) is 13.4. The maximum absolute atomic E-state index is 14.4. The number of amides is 1. The van der Waals surface area contributed by atoms with Crippen LogP contribution in [0.5, 0.6) is 0 Å². The predicted molar refractivity (Wildman–Crippen MR) is 141 cm³/mol. The fourth-order valence-electron chi connectivity index (χ4n) is 5.60. The third-order valence-corrected chi connectivity index (χ3v) is 7.49. The van der Waals surface area contributed by atoms with Crippen LogP contribution in [0.4, 0.5) is 14.6 Å². The highest BCUT2D eigenvalue weighted by molar-refractivity contribution is 5.94. The van der Waals surface area contributed by atoms with Gasteiger partial charge in [-0.15, -0.1) is 0 Å². The van der Waals surface area contributed by atoms with Crippen LogP contribution in [-0.4, -0.2) is 45.5 Å². The molecule has 1 amide bonds. The van der Waals surface area contributed by atoms with Crippen LogP contribution in [0.1, 0.15) is 55.7 Å². The van der Waals surface area contributed by atoms with Gasteiger partial charge in [0.2, 0.25) is 5.91 Å². The monoisotopic (exact) mass is 507 g/mol. The van der Waals surface area contributed by atoms with Gasteiger partial charge in [0.25, 0.3) is 0 Å². The second-order valence-corrected chi connectivity index (χ2v) is 10.2. The van der Waals surface area contributed by atoms with E-state index >= 15 is 0 Å². The molecule has 2 heterocycles. The smallest absolute Gasteiger partial charge is 0.242 e. The molecule has 0 radical (unpaired) electrons. The number of rotatable bonds is 9. The zero-order valence-corrected chi connectivity index (χ0v) is 21.4. The summed E-state index contributed by atoms with van der Waals surface area (Å²) in [4.78, 5) is 20.1. The minimum Gasteiger partial charge on any atom is -0.308 e. The van der Waals surface area contributed by atoms with Crippen molar-refractivity contribution < 1.29 is 13.6 Å². The summed E-state index contributed by atoms with van der Waals surface area (Å²) in [6, 6.07) is 10.2. The largest absolute Gasteiger partial charge is 0.308 e. The fourth-order valence-corrected chi connectivity index (χ4v) is 5.60. The number of carbonyl (C=O) groups excluding carboxylic acids is 1. The molecule has 37 heavy (non-hydrogen) atoms. The van der Waals surface area contributed by atoms with Crippen molar-refractivity contribution in [3.05, 3.63) is 77.2 Å². The number of para-hydroxylation sites is 1. The van der Waals surface area contributed by atoms with Crippen molar-refractivity contribution in [1.29, 1.82) is 0 Å². The molecular weight excluding hydrogens is 472 g/mol. The number of hydrogen-bond acceptors (Lipinski definition) is 4. The summed E-state index contributed by atoms with van der Waals surface area (Å²) in [7, 11) is 0. The number of imidazole rings is 1. The van der Waals surface area contributed by atoms with Gasteiger partial charge in [-0.25, -0.2) is 13.8 Å². The maximum atomic E-state index is 14.4. The number of nitrogens with zero attached hydrogens (tertiary/aromatic N) is 3. The van der Waals surface area contributed by atoms with E-state index in [4.69, 9.17) is 0 Å². The van der Waals surface area contributed by atoms with Gasteiger partial charge in [-0.1, -0.05) is 31.5 Å². The predicted octanol–water partition coefficient (Wildman–Crippen LogP) is 5.00. The Bertz CT molecular complexity index is 1240. The first kappa shape index (κ1) is 25.5. The summed E-state index contributed by atoms with van der Waals surface area (Å²) in [6.07, 6.45) is 9.32. The fraction of sp³-hybridized carbons (Fsp3) is 0.448. The molecular formula is C29H35F2N5O. The number of benzene rings is 2. The van der Waals surface area contributed by atoms with Crippen molar-refractivity contribution in [1.82, 2.24) is 19.8 Å². The molecule has 3 aromatic rings. The topological polar surface area (TPSA) is 62.2 Å². The van der Waals surface area contributed by atoms with Crippen molar-refractivity contribution in [2.75, 3.05) is 18.4 Å². The van der Waals surface area contributed by atoms with E-state index in [9.17, 15) is 13.6 Å². The van der Waals surface area contributed by atoms with E-state index in [2.05, 4.69) is 38.7 Å². The van der Waals surface area contributed by atoms with Crippen LogP contribution in [0.3, 0.4) is 0 Å². The Balaban J connectivity index is 1.24. The van der Waals surface area contributed by atoms with Crippen LogP contribution in [0.25, 0.3) is 5.69 Å². The summed E-state index contributed by atoms with van der Waals surface area (Å²) >= 11 is 0. The lowest BCUT2D eigenvalue weighted by Crippen LogP contribution is -2.48. The molecule has 0 unspecified atom stereocenters. The van der Waals surface area contributed by atoms with Crippen molar-refractivity contribution in [3.63, 3.8) is 0 Å². The molecule has 0 bridgehead atoms. The van der Waals surface area contributed by atoms with Crippen LogP contribution in [0, 0.1) is 11.6 Å². The number of anilines is 1. The molecule has 2 aliphatic rings. The first-order chi connectivity index (χ1) is 18.0. The standard InChI is InChI=1S/C29H35F2N5O/c1-2-7-26(33-23-11-10-20-14-22(30)15-25(31)24(20)16-23)29(37)34-28-18-36(19-32-28)27-9-4-3-8-21(27)17-35-12-5-6-13-35/h3-4,8-9,14-15,18-19,23,26,33H,2,5-7,10-13,16-17H2,1H3,(H,34,37)/t23-,26+/m0/s1. The van der Waals surface area contributed by atoms with Gasteiger partial charge in [0.1, 0.15) is 18.0 Å². The Morgan fingerprint density at radius 1 is 1.19 bits per heavy atom. The second-order valence-electron chi connectivity index (χ2n) is 10.2. The van der Waals surface area contributed by atoms with Gasteiger partial charge in [0, 0.05) is 18.7 Å².